The van der Waals surface area contributed by atoms with Crippen LogP contribution in [-0.4, -0.2) is 42.6 Å². The van der Waals surface area contributed by atoms with Gasteiger partial charge in [-0.25, -0.2) is 4.79 Å². The minimum absolute atomic E-state index is 0.196. The van der Waals surface area contributed by atoms with Crippen molar-refractivity contribution in [2.45, 2.75) is 20.3 Å². The number of esters is 1. The number of rotatable bonds is 6. The number of benzene rings is 1. The second kappa shape index (κ2) is 9.40. The molecule has 156 valence electrons. The fourth-order valence-electron chi connectivity index (χ4n) is 2.75. The van der Waals surface area contributed by atoms with Crippen molar-refractivity contribution in [1.29, 1.82) is 0 Å². The van der Waals surface area contributed by atoms with E-state index in [4.69, 9.17) is 9.26 Å². The van der Waals surface area contributed by atoms with E-state index in [1.54, 1.807) is 13.3 Å². The van der Waals surface area contributed by atoms with Crippen molar-refractivity contribution in [1.82, 2.24) is 10.5 Å². The van der Waals surface area contributed by atoms with Crippen molar-refractivity contribution in [3.05, 3.63) is 57.3 Å². The van der Waals surface area contributed by atoms with Crippen LogP contribution in [0.3, 0.4) is 0 Å². The summed E-state index contributed by atoms with van der Waals surface area (Å²) in [7, 11) is 2.86. The molecule has 3 rings (SSSR count). The third-order valence-electron chi connectivity index (χ3n) is 4.31. The Morgan fingerprint density at radius 2 is 2.13 bits per heavy atom. The zero-order chi connectivity index (χ0) is 21.7. The molecule has 0 aliphatic carbocycles. The summed E-state index contributed by atoms with van der Waals surface area (Å²) in [5, 5.41) is 14.8. The van der Waals surface area contributed by atoms with Crippen molar-refractivity contribution < 1.29 is 23.6 Å². The van der Waals surface area contributed by atoms with Gasteiger partial charge in [-0.3, -0.25) is 10.1 Å². The summed E-state index contributed by atoms with van der Waals surface area (Å²) in [6, 6.07) is 5.64. The average molecular weight is 428 g/mol. The number of hydrogen-bond donors (Lipinski definition) is 1. The predicted octanol–water partition coefficient (Wildman–Crippen LogP) is 2.50. The van der Waals surface area contributed by atoms with Crippen LogP contribution in [0.15, 0.2) is 43.9 Å². The van der Waals surface area contributed by atoms with E-state index < -0.39 is 11.9 Å². The van der Waals surface area contributed by atoms with Crippen molar-refractivity contribution in [2.24, 2.45) is 10.2 Å². The van der Waals surface area contributed by atoms with Crippen LogP contribution in [0.5, 0.6) is 5.75 Å². The summed E-state index contributed by atoms with van der Waals surface area (Å²) >= 11 is 1.01. The van der Waals surface area contributed by atoms with E-state index in [0.29, 0.717) is 6.42 Å². The van der Waals surface area contributed by atoms with Crippen LogP contribution >= 0.6 is 11.8 Å². The molecule has 1 saturated heterocycles. The number of aromatic nitrogens is 1. The van der Waals surface area contributed by atoms with E-state index in [1.807, 2.05) is 32.0 Å². The number of amides is 1. The summed E-state index contributed by atoms with van der Waals surface area (Å²) < 4.78 is 15.2. The Morgan fingerprint density at radius 3 is 2.80 bits per heavy atom. The third-order valence-corrected chi connectivity index (χ3v) is 5.21. The standard InChI is InChI=1S/C20H20N4O5S/c1-11-15(12(2)29-24-11)8-14-7-13(5-6-16(14)27-3)10-21-23-20-22-19(26)17(30-20)9-18(25)28-4/h5-7,9-10H,8H2,1-4H3,(H,22,23,26)/b17-9+,21-10?. The van der Waals surface area contributed by atoms with E-state index in [-0.39, 0.29) is 10.1 Å². The Bertz CT molecular complexity index is 1050. The van der Waals surface area contributed by atoms with Gasteiger partial charge in [0.25, 0.3) is 5.91 Å². The van der Waals surface area contributed by atoms with Crippen LogP contribution in [0.2, 0.25) is 0 Å². The predicted molar refractivity (Wildman–Crippen MR) is 113 cm³/mol. The van der Waals surface area contributed by atoms with Crippen molar-refractivity contribution in [3.63, 3.8) is 0 Å². The number of amidine groups is 1. The summed E-state index contributed by atoms with van der Waals surface area (Å²) in [6.07, 6.45) is 3.28. The Hall–Kier alpha value is -3.40. The maximum Gasteiger partial charge on any atom is 0.331 e. The van der Waals surface area contributed by atoms with Gasteiger partial charge in [-0.1, -0.05) is 5.16 Å². The highest BCUT2D eigenvalue weighted by atomic mass is 32.2. The zero-order valence-corrected chi connectivity index (χ0v) is 17.7. The normalized spacial score (nSPS) is 16.5. The summed E-state index contributed by atoms with van der Waals surface area (Å²) in [4.78, 5) is 23.3. The van der Waals surface area contributed by atoms with E-state index in [9.17, 15) is 9.59 Å². The third kappa shape index (κ3) is 4.95. The second-order valence-electron chi connectivity index (χ2n) is 6.29. The first-order chi connectivity index (χ1) is 14.4. The molecule has 10 heteroatoms. The molecule has 0 spiro atoms. The molecule has 1 amide bonds. The Kier molecular flexibility index (Phi) is 6.68. The van der Waals surface area contributed by atoms with Crippen LogP contribution in [0.4, 0.5) is 0 Å². The SMILES string of the molecule is COC(=O)/C=C1/S/C(=N\N=Cc2ccc(OC)c(Cc3c(C)noc3C)c2)NC1=O. The maximum absolute atomic E-state index is 11.8. The number of carbonyl (C=O) groups excluding carboxylic acids is 2. The number of carbonyl (C=O) groups is 2. The maximum atomic E-state index is 11.8. The van der Waals surface area contributed by atoms with Gasteiger partial charge in [0.2, 0.25) is 0 Å². The van der Waals surface area contributed by atoms with Crippen LogP contribution < -0.4 is 10.1 Å². The fraction of sp³-hybridized carbons (Fsp3) is 0.250. The molecule has 0 unspecified atom stereocenters. The first-order valence-electron chi connectivity index (χ1n) is 8.89. The van der Waals surface area contributed by atoms with Crippen molar-refractivity contribution in [3.8, 4) is 5.75 Å². The molecule has 0 saturated carbocycles. The van der Waals surface area contributed by atoms with Crippen LogP contribution in [0.25, 0.3) is 0 Å². The molecule has 9 nitrogen and oxygen atoms in total. The monoisotopic (exact) mass is 428 g/mol. The van der Waals surface area contributed by atoms with Gasteiger partial charge in [-0.05, 0) is 54.9 Å². The Labute approximate surface area is 177 Å². The van der Waals surface area contributed by atoms with E-state index in [0.717, 1.165) is 51.7 Å². The molecule has 2 aromatic rings. The van der Waals surface area contributed by atoms with E-state index in [2.05, 4.69) is 25.4 Å². The minimum atomic E-state index is -0.610. The van der Waals surface area contributed by atoms with Gasteiger partial charge in [-0.15, -0.1) is 5.10 Å². The Morgan fingerprint density at radius 1 is 1.33 bits per heavy atom. The first-order valence-corrected chi connectivity index (χ1v) is 9.71. The highest BCUT2D eigenvalue weighted by Gasteiger charge is 2.25. The number of aryl methyl sites for hydroxylation is 2. The van der Waals surface area contributed by atoms with Gasteiger partial charge < -0.3 is 14.0 Å². The lowest BCUT2D eigenvalue weighted by atomic mass is 10.0. The quantitative estimate of drug-likeness (QED) is 0.325. The molecule has 2 heterocycles. The molecule has 1 aliphatic heterocycles. The summed E-state index contributed by atoms with van der Waals surface area (Å²) in [5.41, 5.74) is 3.61. The lowest BCUT2D eigenvalue weighted by Crippen LogP contribution is -2.19. The van der Waals surface area contributed by atoms with Gasteiger partial charge in [0.15, 0.2) is 5.17 Å². The van der Waals surface area contributed by atoms with Crippen LogP contribution in [0.1, 0.15) is 28.1 Å². The topological polar surface area (TPSA) is 115 Å². The van der Waals surface area contributed by atoms with Gasteiger partial charge in [-0.2, -0.15) is 5.10 Å². The molecular weight excluding hydrogens is 408 g/mol. The molecular formula is C20H20N4O5S. The molecule has 1 aliphatic rings. The number of nitrogens with zero attached hydrogens (tertiary/aromatic N) is 3. The number of ether oxygens (including phenoxy) is 2. The van der Waals surface area contributed by atoms with Gasteiger partial charge in [0.1, 0.15) is 11.5 Å². The lowest BCUT2D eigenvalue weighted by molar-refractivity contribution is -0.135. The summed E-state index contributed by atoms with van der Waals surface area (Å²) in [6.45, 7) is 3.77. The molecule has 0 atom stereocenters. The van der Waals surface area contributed by atoms with Gasteiger partial charge in [0.05, 0.1) is 31.0 Å². The van der Waals surface area contributed by atoms with E-state index in [1.165, 1.54) is 7.11 Å². The van der Waals surface area contributed by atoms with Gasteiger partial charge in [0, 0.05) is 18.1 Å². The van der Waals surface area contributed by atoms with Crippen molar-refractivity contribution >= 4 is 35.0 Å². The number of thioether (sulfide) groups is 1. The van der Waals surface area contributed by atoms with E-state index >= 15 is 0 Å². The lowest BCUT2D eigenvalue weighted by Gasteiger charge is -2.09. The number of nitrogens with one attached hydrogen (secondary N) is 1. The molecule has 1 aromatic heterocycles. The smallest absolute Gasteiger partial charge is 0.331 e. The molecule has 0 radical (unpaired) electrons. The highest BCUT2D eigenvalue weighted by Crippen LogP contribution is 2.26. The average Bonchev–Trinajstić information content (AvgIpc) is 3.24. The van der Waals surface area contributed by atoms with Crippen molar-refractivity contribution in [2.75, 3.05) is 14.2 Å². The largest absolute Gasteiger partial charge is 0.496 e. The summed E-state index contributed by atoms with van der Waals surface area (Å²) in [5.74, 6) is 0.478. The molecule has 1 fully saturated rings. The van der Waals surface area contributed by atoms with Crippen LogP contribution in [-0.2, 0) is 20.7 Å². The molecule has 1 aromatic carbocycles. The zero-order valence-electron chi connectivity index (χ0n) is 16.9. The Balaban J connectivity index is 1.76. The minimum Gasteiger partial charge on any atom is -0.496 e. The molecule has 1 N–H and O–H groups in total. The number of hydrogen-bond acceptors (Lipinski definition) is 9. The first kappa shape index (κ1) is 21.3. The second-order valence-corrected chi connectivity index (χ2v) is 7.32. The highest BCUT2D eigenvalue weighted by molar-refractivity contribution is 8.18. The number of methoxy groups -OCH3 is 2. The molecule has 0 bridgehead atoms. The fourth-order valence-corrected chi connectivity index (χ4v) is 3.49. The van der Waals surface area contributed by atoms with Crippen LogP contribution in [0, 0.1) is 13.8 Å². The molecule has 30 heavy (non-hydrogen) atoms. The van der Waals surface area contributed by atoms with Gasteiger partial charge >= 0.3 is 5.97 Å².